The van der Waals surface area contributed by atoms with Crippen LogP contribution in [0.5, 0.6) is 11.5 Å². The van der Waals surface area contributed by atoms with Crippen molar-refractivity contribution < 1.29 is 27.8 Å². The Labute approximate surface area is 143 Å². The highest BCUT2D eigenvalue weighted by atomic mass is 35.5. The van der Waals surface area contributed by atoms with Gasteiger partial charge in [0.2, 0.25) is 0 Å². The molecule has 2 aromatic carbocycles. The average Bonchev–Trinajstić information content (AvgIpc) is 2.55. The average molecular weight is 372 g/mol. The van der Waals surface area contributed by atoms with E-state index in [0.29, 0.717) is 5.75 Å². The van der Waals surface area contributed by atoms with Gasteiger partial charge in [-0.05, 0) is 30.3 Å². The van der Waals surface area contributed by atoms with Gasteiger partial charge in [0, 0.05) is 6.07 Å². The van der Waals surface area contributed by atoms with Crippen LogP contribution in [-0.2, 0) is 10.0 Å². The van der Waals surface area contributed by atoms with Gasteiger partial charge >= 0.3 is 5.97 Å². The minimum Gasteiger partial charge on any atom is -0.495 e. The molecule has 0 unspecified atom stereocenters. The number of nitrogens with one attached hydrogen (secondary N) is 1. The van der Waals surface area contributed by atoms with E-state index in [1.807, 2.05) is 0 Å². The molecule has 0 saturated carbocycles. The SMILES string of the molecule is COc1cc(OC)c(NS(=O)(=O)c2ccc(C(=O)O)cc2)cc1Cl. The van der Waals surface area contributed by atoms with Crippen molar-refractivity contribution in [3.05, 3.63) is 47.0 Å². The van der Waals surface area contributed by atoms with Crippen LogP contribution in [0.15, 0.2) is 41.3 Å². The van der Waals surface area contributed by atoms with E-state index in [1.165, 1.54) is 50.6 Å². The maximum Gasteiger partial charge on any atom is 0.335 e. The van der Waals surface area contributed by atoms with Gasteiger partial charge in [0.25, 0.3) is 10.0 Å². The van der Waals surface area contributed by atoms with Crippen molar-refractivity contribution in [1.29, 1.82) is 0 Å². The highest BCUT2D eigenvalue weighted by molar-refractivity contribution is 7.92. The second-order valence-corrected chi connectivity index (χ2v) is 6.71. The maximum atomic E-state index is 12.4. The molecule has 0 amide bonds. The van der Waals surface area contributed by atoms with Crippen LogP contribution in [0.25, 0.3) is 0 Å². The number of rotatable bonds is 6. The molecule has 0 fully saturated rings. The van der Waals surface area contributed by atoms with Crippen molar-refractivity contribution in [2.45, 2.75) is 4.90 Å². The number of hydrogen-bond donors (Lipinski definition) is 2. The van der Waals surface area contributed by atoms with Crippen LogP contribution in [0, 0.1) is 0 Å². The summed E-state index contributed by atoms with van der Waals surface area (Å²) in [5.74, 6) is -0.584. The van der Waals surface area contributed by atoms with E-state index in [-0.39, 0.29) is 26.9 Å². The molecule has 2 rings (SSSR count). The molecule has 0 saturated heterocycles. The van der Waals surface area contributed by atoms with Crippen LogP contribution in [0.3, 0.4) is 0 Å². The summed E-state index contributed by atoms with van der Waals surface area (Å²) in [6.07, 6.45) is 0. The van der Waals surface area contributed by atoms with Crippen molar-refractivity contribution in [2.75, 3.05) is 18.9 Å². The number of methoxy groups -OCH3 is 2. The van der Waals surface area contributed by atoms with Crippen molar-refractivity contribution >= 4 is 33.3 Å². The smallest absolute Gasteiger partial charge is 0.335 e. The molecule has 24 heavy (non-hydrogen) atoms. The Kier molecular flexibility index (Phi) is 5.20. The topological polar surface area (TPSA) is 102 Å². The van der Waals surface area contributed by atoms with Gasteiger partial charge in [0.1, 0.15) is 11.5 Å². The molecule has 0 aromatic heterocycles. The van der Waals surface area contributed by atoms with E-state index in [2.05, 4.69) is 4.72 Å². The van der Waals surface area contributed by atoms with Crippen LogP contribution < -0.4 is 14.2 Å². The molecule has 0 aliphatic heterocycles. The fourth-order valence-corrected chi connectivity index (χ4v) is 3.22. The molecule has 2 aromatic rings. The second-order valence-electron chi connectivity index (χ2n) is 4.62. The Hall–Kier alpha value is -2.45. The first-order valence-corrected chi connectivity index (χ1v) is 8.42. The van der Waals surface area contributed by atoms with Gasteiger partial charge in [-0.25, -0.2) is 13.2 Å². The third-order valence-electron chi connectivity index (χ3n) is 3.13. The number of anilines is 1. The van der Waals surface area contributed by atoms with Gasteiger partial charge in [0.05, 0.1) is 35.4 Å². The number of carboxylic acid groups (broad SMARTS) is 1. The monoisotopic (exact) mass is 371 g/mol. The van der Waals surface area contributed by atoms with Crippen LogP contribution in [-0.4, -0.2) is 33.7 Å². The lowest BCUT2D eigenvalue weighted by Gasteiger charge is -2.14. The summed E-state index contributed by atoms with van der Waals surface area (Å²) in [5.41, 5.74) is 0.115. The van der Waals surface area contributed by atoms with Crippen molar-refractivity contribution in [3.63, 3.8) is 0 Å². The Morgan fingerprint density at radius 2 is 1.67 bits per heavy atom. The number of carboxylic acids is 1. The van der Waals surface area contributed by atoms with E-state index in [4.69, 9.17) is 26.2 Å². The fraction of sp³-hybridized carbons (Fsp3) is 0.133. The zero-order valence-corrected chi connectivity index (χ0v) is 14.3. The summed E-state index contributed by atoms with van der Waals surface area (Å²) >= 11 is 6.01. The van der Waals surface area contributed by atoms with E-state index in [1.54, 1.807) is 0 Å². The first-order valence-electron chi connectivity index (χ1n) is 6.56. The number of ether oxygens (including phenoxy) is 2. The molecular formula is C15H14ClNO6S. The molecule has 0 aliphatic carbocycles. The Morgan fingerprint density at radius 1 is 1.08 bits per heavy atom. The number of carbonyl (C=O) groups is 1. The molecule has 7 nitrogen and oxygen atoms in total. The van der Waals surface area contributed by atoms with Crippen LogP contribution in [0.2, 0.25) is 5.02 Å². The quantitative estimate of drug-likeness (QED) is 0.809. The molecule has 0 aliphatic rings. The number of benzene rings is 2. The van der Waals surface area contributed by atoms with Crippen LogP contribution in [0.1, 0.15) is 10.4 Å². The summed E-state index contributed by atoms with van der Waals surface area (Å²) in [4.78, 5) is 10.7. The number of aromatic carboxylic acids is 1. The normalized spacial score (nSPS) is 11.0. The third-order valence-corrected chi connectivity index (χ3v) is 4.81. The van der Waals surface area contributed by atoms with Gasteiger partial charge in [-0.2, -0.15) is 0 Å². The number of sulfonamides is 1. The summed E-state index contributed by atoms with van der Waals surface area (Å²) in [5, 5.41) is 9.06. The molecule has 0 spiro atoms. The maximum absolute atomic E-state index is 12.4. The molecule has 0 bridgehead atoms. The predicted octanol–water partition coefficient (Wildman–Crippen LogP) is 2.86. The standard InChI is InChI=1S/C15H14ClNO6S/c1-22-13-8-14(23-2)12(7-11(13)16)17-24(20,21)10-5-3-9(4-6-10)15(18)19/h3-8,17H,1-2H3,(H,18,19). The summed E-state index contributed by atoms with van der Waals surface area (Å²) < 4.78 is 37.4. The summed E-state index contributed by atoms with van der Waals surface area (Å²) in [6.45, 7) is 0. The zero-order chi connectivity index (χ0) is 17.9. The fourth-order valence-electron chi connectivity index (χ4n) is 1.92. The highest BCUT2D eigenvalue weighted by Gasteiger charge is 2.19. The van der Waals surface area contributed by atoms with E-state index in [0.717, 1.165) is 0 Å². The lowest BCUT2D eigenvalue weighted by molar-refractivity contribution is 0.0696. The van der Waals surface area contributed by atoms with Crippen molar-refractivity contribution in [2.24, 2.45) is 0 Å². The molecule has 0 radical (unpaired) electrons. The van der Waals surface area contributed by atoms with Crippen LogP contribution >= 0.6 is 11.6 Å². The van der Waals surface area contributed by atoms with Crippen molar-refractivity contribution in [3.8, 4) is 11.5 Å². The Bertz CT molecular complexity index is 864. The minimum atomic E-state index is -3.95. The van der Waals surface area contributed by atoms with Gasteiger partial charge < -0.3 is 14.6 Å². The third kappa shape index (κ3) is 3.72. The number of hydrogen-bond acceptors (Lipinski definition) is 5. The van der Waals surface area contributed by atoms with Crippen LogP contribution in [0.4, 0.5) is 5.69 Å². The van der Waals surface area contributed by atoms with E-state index in [9.17, 15) is 13.2 Å². The van der Waals surface area contributed by atoms with Gasteiger partial charge in [0.15, 0.2) is 0 Å². The summed E-state index contributed by atoms with van der Waals surface area (Å²) in [7, 11) is -1.14. The van der Waals surface area contributed by atoms with E-state index >= 15 is 0 Å². The zero-order valence-electron chi connectivity index (χ0n) is 12.7. The summed E-state index contributed by atoms with van der Waals surface area (Å²) in [6, 6.07) is 7.62. The molecule has 128 valence electrons. The minimum absolute atomic E-state index is 0.0148. The highest BCUT2D eigenvalue weighted by Crippen LogP contribution is 2.36. The first-order chi connectivity index (χ1) is 11.3. The molecule has 9 heteroatoms. The molecule has 0 heterocycles. The second kappa shape index (κ2) is 6.98. The van der Waals surface area contributed by atoms with Crippen molar-refractivity contribution in [1.82, 2.24) is 0 Å². The first kappa shape index (κ1) is 17.9. The lowest BCUT2D eigenvalue weighted by Crippen LogP contribution is -2.14. The Balaban J connectivity index is 2.38. The lowest BCUT2D eigenvalue weighted by atomic mass is 10.2. The number of halogens is 1. The largest absolute Gasteiger partial charge is 0.495 e. The van der Waals surface area contributed by atoms with Gasteiger partial charge in [-0.3, -0.25) is 4.72 Å². The molecule has 2 N–H and O–H groups in total. The molecule has 0 atom stereocenters. The van der Waals surface area contributed by atoms with E-state index < -0.39 is 16.0 Å². The van der Waals surface area contributed by atoms with Gasteiger partial charge in [-0.15, -0.1) is 0 Å². The molecular weight excluding hydrogens is 358 g/mol. The van der Waals surface area contributed by atoms with Gasteiger partial charge in [-0.1, -0.05) is 11.6 Å². The predicted molar refractivity (Wildman–Crippen MR) is 88.8 cm³/mol. The Morgan fingerprint density at radius 3 is 2.17 bits per heavy atom.